The summed E-state index contributed by atoms with van der Waals surface area (Å²) in [6.45, 7) is 3.50. The van der Waals surface area contributed by atoms with E-state index < -0.39 is 0 Å². The maximum absolute atomic E-state index is 11.7. The number of nitrogens with zero attached hydrogens (tertiary/aromatic N) is 1. The van der Waals surface area contributed by atoms with Crippen molar-refractivity contribution in [2.24, 2.45) is 0 Å². The Kier molecular flexibility index (Phi) is 5.49. The standard InChI is InChI=1S/C13H21N3O/c1-3-4-8-16(2)10-13(17)15-12-7-5-6-11(14)9-12/h5-7,9H,3-4,8,10,14H2,1-2H3,(H,15,17). The molecule has 0 aliphatic heterocycles. The monoisotopic (exact) mass is 235 g/mol. The number of benzene rings is 1. The van der Waals surface area contributed by atoms with Crippen molar-refractivity contribution < 1.29 is 4.79 Å². The second-order valence-corrected chi connectivity index (χ2v) is 4.26. The van der Waals surface area contributed by atoms with Crippen LogP contribution in [-0.2, 0) is 4.79 Å². The van der Waals surface area contributed by atoms with Crippen molar-refractivity contribution in [2.75, 3.05) is 31.2 Å². The molecule has 1 rings (SSSR count). The van der Waals surface area contributed by atoms with Gasteiger partial charge in [-0.15, -0.1) is 0 Å². The van der Waals surface area contributed by atoms with E-state index in [-0.39, 0.29) is 5.91 Å². The molecule has 0 heterocycles. The van der Waals surface area contributed by atoms with Crippen LogP contribution in [0.25, 0.3) is 0 Å². The van der Waals surface area contributed by atoms with Crippen LogP contribution < -0.4 is 11.1 Å². The molecule has 0 spiro atoms. The van der Waals surface area contributed by atoms with Gasteiger partial charge < -0.3 is 11.1 Å². The highest BCUT2D eigenvalue weighted by Gasteiger charge is 2.06. The first kappa shape index (κ1) is 13.5. The van der Waals surface area contributed by atoms with Crippen molar-refractivity contribution >= 4 is 17.3 Å². The molecule has 0 unspecified atom stereocenters. The highest BCUT2D eigenvalue weighted by molar-refractivity contribution is 5.92. The fraction of sp³-hybridized carbons (Fsp3) is 0.462. The lowest BCUT2D eigenvalue weighted by Gasteiger charge is -2.15. The van der Waals surface area contributed by atoms with Crippen LogP contribution in [0.2, 0.25) is 0 Å². The number of hydrogen-bond acceptors (Lipinski definition) is 3. The highest BCUT2D eigenvalue weighted by Crippen LogP contribution is 2.11. The molecule has 0 aromatic heterocycles. The van der Waals surface area contributed by atoms with Gasteiger partial charge in [-0.25, -0.2) is 0 Å². The van der Waals surface area contributed by atoms with Crippen LogP contribution in [-0.4, -0.2) is 30.9 Å². The number of amides is 1. The van der Waals surface area contributed by atoms with Gasteiger partial charge in [0.2, 0.25) is 5.91 Å². The van der Waals surface area contributed by atoms with Crippen molar-refractivity contribution in [3.63, 3.8) is 0 Å². The van der Waals surface area contributed by atoms with Gasteiger partial charge in [0.1, 0.15) is 0 Å². The Morgan fingerprint density at radius 2 is 2.24 bits per heavy atom. The normalized spacial score (nSPS) is 10.5. The van der Waals surface area contributed by atoms with Crippen LogP contribution in [0.4, 0.5) is 11.4 Å². The number of rotatable bonds is 6. The Hall–Kier alpha value is -1.55. The zero-order chi connectivity index (χ0) is 12.7. The van der Waals surface area contributed by atoms with Gasteiger partial charge in [0, 0.05) is 11.4 Å². The number of nitrogens with one attached hydrogen (secondary N) is 1. The van der Waals surface area contributed by atoms with Crippen molar-refractivity contribution in [1.82, 2.24) is 4.90 Å². The molecule has 4 nitrogen and oxygen atoms in total. The van der Waals surface area contributed by atoms with Crippen LogP contribution in [0, 0.1) is 0 Å². The Balaban J connectivity index is 2.39. The number of likely N-dealkylation sites (N-methyl/N-ethyl adjacent to an activating group) is 1. The van der Waals surface area contributed by atoms with E-state index in [0.717, 1.165) is 25.1 Å². The molecule has 0 saturated heterocycles. The first-order chi connectivity index (χ1) is 8.11. The fourth-order valence-corrected chi connectivity index (χ4v) is 1.57. The minimum Gasteiger partial charge on any atom is -0.399 e. The summed E-state index contributed by atoms with van der Waals surface area (Å²) in [4.78, 5) is 13.7. The van der Waals surface area contributed by atoms with Gasteiger partial charge in [-0.3, -0.25) is 9.69 Å². The van der Waals surface area contributed by atoms with E-state index in [1.807, 2.05) is 24.1 Å². The molecule has 0 aliphatic carbocycles. The first-order valence-corrected chi connectivity index (χ1v) is 5.95. The molecular weight excluding hydrogens is 214 g/mol. The Morgan fingerprint density at radius 3 is 2.88 bits per heavy atom. The molecule has 94 valence electrons. The second-order valence-electron chi connectivity index (χ2n) is 4.26. The van der Waals surface area contributed by atoms with Gasteiger partial charge >= 0.3 is 0 Å². The number of carbonyl (C=O) groups is 1. The number of nitrogen functional groups attached to an aromatic ring is 1. The number of carbonyl (C=O) groups excluding carboxylic acids is 1. The van der Waals surface area contributed by atoms with Crippen molar-refractivity contribution in [1.29, 1.82) is 0 Å². The average molecular weight is 235 g/mol. The predicted molar refractivity (Wildman–Crippen MR) is 71.9 cm³/mol. The molecule has 1 aromatic carbocycles. The molecule has 0 aliphatic rings. The molecule has 1 aromatic rings. The zero-order valence-corrected chi connectivity index (χ0v) is 10.6. The summed E-state index contributed by atoms with van der Waals surface area (Å²) in [7, 11) is 1.95. The third kappa shape index (κ3) is 5.36. The van der Waals surface area contributed by atoms with Gasteiger partial charge in [-0.1, -0.05) is 19.4 Å². The zero-order valence-electron chi connectivity index (χ0n) is 10.6. The predicted octanol–water partition coefficient (Wildman–Crippen LogP) is 1.94. The second kappa shape index (κ2) is 6.91. The SMILES string of the molecule is CCCCN(C)CC(=O)Nc1cccc(N)c1. The molecule has 3 N–H and O–H groups in total. The van der Waals surface area contributed by atoms with Crippen LogP contribution >= 0.6 is 0 Å². The van der Waals surface area contributed by atoms with E-state index in [9.17, 15) is 4.79 Å². The number of hydrogen-bond donors (Lipinski definition) is 2. The maximum Gasteiger partial charge on any atom is 0.238 e. The molecule has 0 atom stereocenters. The highest BCUT2D eigenvalue weighted by atomic mass is 16.2. The lowest BCUT2D eigenvalue weighted by Crippen LogP contribution is -2.30. The molecule has 17 heavy (non-hydrogen) atoms. The number of unbranched alkanes of at least 4 members (excludes halogenated alkanes) is 1. The van der Waals surface area contributed by atoms with E-state index in [4.69, 9.17) is 5.73 Å². The van der Waals surface area contributed by atoms with Crippen molar-refractivity contribution in [3.05, 3.63) is 24.3 Å². The third-order valence-corrected chi connectivity index (χ3v) is 2.48. The minimum absolute atomic E-state index is 0.00537. The summed E-state index contributed by atoms with van der Waals surface area (Å²) in [5, 5.41) is 2.83. The lowest BCUT2D eigenvalue weighted by atomic mass is 10.3. The smallest absolute Gasteiger partial charge is 0.238 e. The van der Waals surface area contributed by atoms with E-state index in [2.05, 4.69) is 12.2 Å². The number of nitrogens with two attached hydrogens (primary N) is 1. The molecular formula is C13H21N3O. The average Bonchev–Trinajstić information content (AvgIpc) is 2.26. The van der Waals surface area contributed by atoms with E-state index >= 15 is 0 Å². The third-order valence-electron chi connectivity index (χ3n) is 2.48. The van der Waals surface area contributed by atoms with Gasteiger partial charge in [-0.05, 0) is 38.2 Å². The van der Waals surface area contributed by atoms with Gasteiger partial charge in [-0.2, -0.15) is 0 Å². The first-order valence-electron chi connectivity index (χ1n) is 5.95. The van der Waals surface area contributed by atoms with Crippen molar-refractivity contribution in [3.8, 4) is 0 Å². The molecule has 0 bridgehead atoms. The van der Waals surface area contributed by atoms with E-state index in [0.29, 0.717) is 12.2 Å². The maximum atomic E-state index is 11.7. The Morgan fingerprint density at radius 1 is 1.47 bits per heavy atom. The Labute approximate surface area is 103 Å². The molecule has 1 amide bonds. The van der Waals surface area contributed by atoms with Crippen LogP contribution in [0.5, 0.6) is 0 Å². The Bertz CT molecular complexity index is 365. The van der Waals surface area contributed by atoms with Crippen LogP contribution in [0.3, 0.4) is 0 Å². The van der Waals surface area contributed by atoms with E-state index in [1.165, 1.54) is 0 Å². The number of anilines is 2. The summed E-state index contributed by atoms with van der Waals surface area (Å²) in [6, 6.07) is 7.21. The summed E-state index contributed by atoms with van der Waals surface area (Å²) >= 11 is 0. The minimum atomic E-state index is -0.00537. The molecule has 0 fully saturated rings. The lowest BCUT2D eigenvalue weighted by molar-refractivity contribution is -0.117. The van der Waals surface area contributed by atoms with Crippen molar-refractivity contribution in [2.45, 2.75) is 19.8 Å². The molecule has 0 saturated carbocycles. The van der Waals surface area contributed by atoms with E-state index in [1.54, 1.807) is 12.1 Å². The van der Waals surface area contributed by atoms with Gasteiger partial charge in [0.25, 0.3) is 0 Å². The molecule has 4 heteroatoms. The van der Waals surface area contributed by atoms with Crippen LogP contribution in [0.1, 0.15) is 19.8 Å². The van der Waals surface area contributed by atoms with Crippen LogP contribution in [0.15, 0.2) is 24.3 Å². The largest absolute Gasteiger partial charge is 0.399 e. The fourth-order valence-electron chi connectivity index (χ4n) is 1.57. The summed E-state index contributed by atoms with van der Waals surface area (Å²) in [5.74, 6) is -0.00537. The molecule has 0 radical (unpaired) electrons. The van der Waals surface area contributed by atoms with Gasteiger partial charge in [0.05, 0.1) is 6.54 Å². The summed E-state index contributed by atoms with van der Waals surface area (Å²) < 4.78 is 0. The van der Waals surface area contributed by atoms with Gasteiger partial charge in [0.15, 0.2) is 0 Å². The quantitative estimate of drug-likeness (QED) is 0.741. The summed E-state index contributed by atoms with van der Waals surface area (Å²) in [5.41, 5.74) is 7.04. The topological polar surface area (TPSA) is 58.4 Å². The summed E-state index contributed by atoms with van der Waals surface area (Å²) in [6.07, 6.45) is 2.25.